The second-order valence-corrected chi connectivity index (χ2v) is 4.94. The first-order valence-electron chi connectivity index (χ1n) is 6.99. The molecule has 0 unspecified atom stereocenters. The molecule has 0 fully saturated rings. The highest BCUT2D eigenvalue weighted by Gasteiger charge is 2.08. The first kappa shape index (κ1) is 15.6. The third-order valence-electron chi connectivity index (χ3n) is 3.17. The van der Waals surface area contributed by atoms with Crippen LogP contribution >= 0.6 is 0 Å². The molecule has 0 heterocycles. The number of carbonyl (C=O) groups is 2. The zero-order chi connectivity index (χ0) is 15.9. The van der Waals surface area contributed by atoms with Crippen LogP contribution in [0.2, 0.25) is 0 Å². The zero-order valence-electron chi connectivity index (χ0n) is 12.7. The summed E-state index contributed by atoms with van der Waals surface area (Å²) in [5.41, 5.74) is 5.22. The van der Waals surface area contributed by atoms with Crippen LogP contribution < -0.4 is 15.8 Å². The van der Waals surface area contributed by atoms with Crippen LogP contribution in [0.1, 0.15) is 22.8 Å². The van der Waals surface area contributed by atoms with Gasteiger partial charge >= 0.3 is 0 Å². The SMILES string of the molecule is CC(=O)NCc1ccc(C(=O)NN(C)c2ccccc2)cc1. The van der Waals surface area contributed by atoms with Crippen molar-refractivity contribution in [2.24, 2.45) is 0 Å². The van der Waals surface area contributed by atoms with Gasteiger partial charge in [0.15, 0.2) is 0 Å². The maximum Gasteiger partial charge on any atom is 0.269 e. The summed E-state index contributed by atoms with van der Waals surface area (Å²) in [6, 6.07) is 16.7. The van der Waals surface area contributed by atoms with E-state index < -0.39 is 0 Å². The molecule has 0 saturated heterocycles. The molecule has 0 atom stereocenters. The van der Waals surface area contributed by atoms with Crippen LogP contribution in [0.3, 0.4) is 0 Å². The van der Waals surface area contributed by atoms with Crippen LogP contribution in [0.4, 0.5) is 5.69 Å². The largest absolute Gasteiger partial charge is 0.352 e. The van der Waals surface area contributed by atoms with Gasteiger partial charge in [0.05, 0.1) is 5.69 Å². The van der Waals surface area contributed by atoms with E-state index in [-0.39, 0.29) is 11.8 Å². The van der Waals surface area contributed by atoms with Gasteiger partial charge in [0.1, 0.15) is 0 Å². The van der Waals surface area contributed by atoms with E-state index in [1.807, 2.05) is 42.5 Å². The van der Waals surface area contributed by atoms with Crippen molar-refractivity contribution in [1.82, 2.24) is 10.7 Å². The standard InChI is InChI=1S/C17H19N3O2/c1-13(21)18-12-14-8-10-15(11-9-14)17(22)19-20(2)16-6-4-3-5-7-16/h3-11H,12H2,1-2H3,(H,18,21)(H,19,22). The Hall–Kier alpha value is -2.82. The summed E-state index contributed by atoms with van der Waals surface area (Å²) in [4.78, 5) is 23.1. The summed E-state index contributed by atoms with van der Waals surface area (Å²) in [6.07, 6.45) is 0. The lowest BCUT2D eigenvalue weighted by Gasteiger charge is -2.20. The van der Waals surface area contributed by atoms with Gasteiger partial charge in [-0.3, -0.25) is 20.0 Å². The fraction of sp³-hybridized carbons (Fsp3) is 0.176. The Morgan fingerprint density at radius 1 is 1.00 bits per heavy atom. The van der Waals surface area contributed by atoms with Crippen LogP contribution in [0.15, 0.2) is 54.6 Å². The number of amides is 2. The molecule has 2 amide bonds. The Labute approximate surface area is 129 Å². The van der Waals surface area contributed by atoms with Crippen molar-refractivity contribution in [2.45, 2.75) is 13.5 Å². The van der Waals surface area contributed by atoms with Crippen LogP contribution in [-0.4, -0.2) is 18.9 Å². The van der Waals surface area contributed by atoms with E-state index in [2.05, 4.69) is 10.7 Å². The minimum atomic E-state index is -0.183. The summed E-state index contributed by atoms with van der Waals surface area (Å²) >= 11 is 0. The average molecular weight is 297 g/mol. The van der Waals surface area contributed by atoms with Gasteiger partial charge in [-0.1, -0.05) is 30.3 Å². The lowest BCUT2D eigenvalue weighted by molar-refractivity contribution is -0.119. The predicted octanol–water partition coefficient (Wildman–Crippen LogP) is 2.10. The molecule has 2 aromatic rings. The van der Waals surface area contributed by atoms with Crippen LogP contribution in [-0.2, 0) is 11.3 Å². The number of hydrogen-bond acceptors (Lipinski definition) is 3. The number of nitrogens with zero attached hydrogens (tertiary/aromatic N) is 1. The number of rotatable bonds is 5. The van der Waals surface area contributed by atoms with E-state index in [0.29, 0.717) is 12.1 Å². The molecular weight excluding hydrogens is 278 g/mol. The van der Waals surface area contributed by atoms with Crippen molar-refractivity contribution in [3.8, 4) is 0 Å². The molecule has 0 aromatic heterocycles. The fourth-order valence-corrected chi connectivity index (χ4v) is 1.93. The molecular formula is C17H19N3O2. The van der Waals surface area contributed by atoms with Crippen molar-refractivity contribution in [1.29, 1.82) is 0 Å². The van der Waals surface area contributed by atoms with Crippen molar-refractivity contribution in [3.05, 3.63) is 65.7 Å². The highest BCUT2D eigenvalue weighted by Crippen LogP contribution is 2.10. The highest BCUT2D eigenvalue weighted by atomic mass is 16.2. The second kappa shape index (κ2) is 7.26. The van der Waals surface area contributed by atoms with E-state index in [4.69, 9.17) is 0 Å². The number of benzene rings is 2. The molecule has 2 N–H and O–H groups in total. The molecule has 0 spiro atoms. The van der Waals surface area contributed by atoms with E-state index in [1.165, 1.54) is 6.92 Å². The first-order chi connectivity index (χ1) is 10.6. The summed E-state index contributed by atoms with van der Waals surface area (Å²) < 4.78 is 0. The molecule has 2 rings (SSSR count). The second-order valence-electron chi connectivity index (χ2n) is 4.94. The number of nitrogens with one attached hydrogen (secondary N) is 2. The van der Waals surface area contributed by atoms with Crippen LogP contribution in [0.25, 0.3) is 0 Å². The minimum absolute atomic E-state index is 0.0775. The van der Waals surface area contributed by atoms with Crippen LogP contribution in [0.5, 0.6) is 0 Å². The summed E-state index contributed by atoms with van der Waals surface area (Å²) in [5.74, 6) is -0.260. The molecule has 0 aliphatic rings. The quantitative estimate of drug-likeness (QED) is 0.831. The van der Waals surface area contributed by atoms with Gasteiger partial charge in [0.25, 0.3) is 5.91 Å². The normalized spacial score (nSPS) is 9.91. The van der Waals surface area contributed by atoms with E-state index >= 15 is 0 Å². The maximum atomic E-state index is 12.2. The van der Waals surface area contributed by atoms with Crippen LogP contribution in [0, 0.1) is 0 Å². The Balaban J connectivity index is 1.96. The van der Waals surface area contributed by atoms with Crippen molar-refractivity contribution < 1.29 is 9.59 Å². The molecule has 0 saturated carbocycles. The van der Waals surface area contributed by atoms with E-state index in [9.17, 15) is 9.59 Å². The molecule has 2 aromatic carbocycles. The molecule has 0 aliphatic carbocycles. The smallest absolute Gasteiger partial charge is 0.269 e. The van der Waals surface area contributed by atoms with Crippen molar-refractivity contribution in [2.75, 3.05) is 12.1 Å². The lowest BCUT2D eigenvalue weighted by atomic mass is 10.1. The van der Waals surface area contributed by atoms with E-state index in [1.54, 1.807) is 24.2 Å². The van der Waals surface area contributed by atoms with Gasteiger partial charge in [0, 0.05) is 26.1 Å². The minimum Gasteiger partial charge on any atom is -0.352 e. The third-order valence-corrected chi connectivity index (χ3v) is 3.17. The predicted molar refractivity (Wildman–Crippen MR) is 86.3 cm³/mol. The molecule has 0 radical (unpaired) electrons. The lowest BCUT2D eigenvalue weighted by Crippen LogP contribution is -2.39. The van der Waals surface area contributed by atoms with Gasteiger partial charge < -0.3 is 5.32 Å². The van der Waals surface area contributed by atoms with E-state index in [0.717, 1.165) is 11.3 Å². The number of hydrazine groups is 1. The van der Waals surface area contributed by atoms with Gasteiger partial charge in [-0.25, -0.2) is 0 Å². The molecule has 114 valence electrons. The third kappa shape index (κ3) is 4.34. The monoisotopic (exact) mass is 297 g/mol. The van der Waals surface area contributed by atoms with Crippen molar-refractivity contribution in [3.63, 3.8) is 0 Å². The number of para-hydroxylation sites is 1. The molecule has 5 heteroatoms. The first-order valence-corrected chi connectivity index (χ1v) is 6.99. The molecule has 22 heavy (non-hydrogen) atoms. The summed E-state index contributed by atoms with van der Waals surface area (Å²) in [5, 5.41) is 4.39. The van der Waals surface area contributed by atoms with Gasteiger partial charge in [-0.05, 0) is 29.8 Å². The van der Waals surface area contributed by atoms with Gasteiger partial charge in [0.2, 0.25) is 5.91 Å². The zero-order valence-corrected chi connectivity index (χ0v) is 12.7. The number of carbonyl (C=O) groups excluding carboxylic acids is 2. The summed E-state index contributed by atoms with van der Waals surface area (Å²) in [6.45, 7) is 1.93. The van der Waals surface area contributed by atoms with Crippen molar-refractivity contribution >= 4 is 17.5 Å². The Bertz CT molecular complexity index is 639. The Kier molecular flexibility index (Phi) is 5.14. The topological polar surface area (TPSA) is 61.4 Å². The van der Waals surface area contributed by atoms with Gasteiger partial charge in [-0.2, -0.15) is 0 Å². The Morgan fingerprint density at radius 3 is 2.23 bits per heavy atom. The molecule has 0 aliphatic heterocycles. The summed E-state index contributed by atoms with van der Waals surface area (Å²) in [7, 11) is 1.79. The van der Waals surface area contributed by atoms with Gasteiger partial charge in [-0.15, -0.1) is 0 Å². The number of hydrogen-bond donors (Lipinski definition) is 2. The Morgan fingerprint density at radius 2 is 1.64 bits per heavy atom. The molecule has 5 nitrogen and oxygen atoms in total. The highest BCUT2D eigenvalue weighted by molar-refractivity contribution is 5.95. The maximum absolute atomic E-state index is 12.2. The molecule has 0 bridgehead atoms. The number of anilines is 1. The fourth-order valence-electron chi connectivity index (χ4n) is 1.93. The average Bonchev–Trinajstić information content (AvgIpc) is 2.54.